The Balaban J connectivity index is 1.79. The molecular weight excluding hydrogens is 424 g/mol. The molecule has 4 rings (SSSR count). The number of hydrogen-bond donors (Lipinski definition) is 1. The number of fused-ring (bicyclic) bond motifs is 2. The number of benzene rings is 2. The molecule has 0 aliphatic carbocycles. The van der Waals surface area contributed by atoms with E-state index in [0.717, 1.165) is 10.9 Å². The van der Waals surface area contributed by atoms with Crippen molar-refractivity contribution in [3.8, 4) is 5.75 Å². The van der Waals surface area contributed by atoms with Crippen LogP contribution >= 0.6 is 23.4 Å². The summed E-state index contributed by atoms with van der Waals surface area (Å²) in [7, 11) is 0. The summed E-state index contributed by atoms with van der Waals surface area (Å²) in [6.45, 7) is 4.58. The molecule has 0 spiro atoms. The molecule has 154 valence electrons. The summed E-state index contributed by atoms with van der Waals surface area (Å²) in [5, 5.41) is 11.9. The van der Waals surface area contributed by atoms with Gasteiger partial charge in [0.15, 0.2) is 5.16 Å². The zero-order chi connectivity index (χ0) is 21.4. The standard InChI is InChI=1S/C22H19ClN2O4S/c1-12(2)10-25-21(28)17-8-14(23)3-6-18(17)24-22(25)30-11-13-7-20(27)29-19-9-15(26)4-5-16(13)19/h3-9,12,26H,10-11H2,1-2H3. The molecular formula is C22H19ClN2O4S. The third-order valence-electron chi connectivity index (χ3n) is 4.60. The second-order valence-corrected chi connectivity index (χ2v) is 8.80. The second kappa shape index (κ2) is 8.16. The molecule has 0 radical (unpaired) electrons. The Kier molecular flexibility index (Phi) is 5.58. The van der Waals surface area contributed by atoms with Gasteiger partial charge in [-0.15, -0.1) is 0 Å². The van der Waals surface area contributed by atoms with Crippen molar-refractivity contribution >= 4 is 45.2 Å². The average molecular weight is 443 g/mol. The van der Waals surface area contributed by atoms with E-state index in [2.05, 4.69) is 4.98 Å². The fourth-order valence-corrected chi connectivity index (χ4v) is 4.46. The maximum atomic E-state index is 13.1. The number of rotatable bonds is 5. The van der Waals surface area contributed by atoms with Crippen molar-refractivity contribution in [2.24, 2.45) is 5.92 Å². The van der Waals surface area contributed by atoms with Crippen LogP contribution in [0.4, 0.5) is 0 Å². The predicted octanol–water partition coefficient (Wildman–Crippen LogP) is 4.81. The Bertz CT molecular complexity index is 1380. The van der Waals surface area contributed by atoms with Crippen LogP contribution in [0.25, 0.3) is 21.9 Å². The lowest BCUT2D eigenvalue weighted by Crippen LogP contribution is -2.25. The minimum Gasteiger partial charge on any atom is -0.508 e. The first-order chi connectivity index (χ1) is 14.3. The summed E-state index contributed by atoms with van der Waals surface area (Å²) >= 11 is 7.45. The minimum atomic E-state index is -0.496. The first-order valence-corrected chi connectivity index (χ1v) is 10.8. The molecule has 0 saturated carbocycles. The van der Waals surface area contributed by atoms with E-state index in [1.165, 1.54) is 23.9 Å². The van der Waals surface area contributed by atoms with Crippen molar-refractivity contribution in [2.45, 2.75) is 31.3 Å². The Morgan fingerprint density at radius 3 is 2.70 bits per heavy atom. The number of hydrogen-bond acceptors (Lipinski definition) is 6. The van der Waals surface area contributed by atoms with Gasteiger partial charge in [-0.05, 0) is 41.8 Å². The van der Waals surface area contributed by atoms with E-state index in [0.29, 0.717) is 39.0 Å². The van der Waals surface area contributed by atoms with Gasteiger partial charge in [0, 0.05) is 34.8 Å². The van der Waals surface area contributed by atoms with E-state index in [9.17, 15) is 14.7 Å². The summed E-state index contributed by atoms with van der Waals surface area (Å²) in [5.41, 5.74) is 1.01. The molecule has 0 saturated heterocycles. The molecule has 6 nitrogen and oxygen atoms in total. The van der Waals surface area contributed by atoms with E-state index < -0.39 is 5.63 Å². The molecule has 0 unspecified atom stereocenters. The Morgan fingerprint density at radius 2 is 1.93 bits per heavy atom. The number of thioether (sulfide) groups is 1. The van der Waals surface area contributed by atoms with Crippen molar-refractivity contribution in [1.29, 1.82) is 0 Å². The SMILES string of the molecule is CC(C)Cn1c(SCc2cc(=O)oc3cc(O)ccc23)nc2ccc(Cl)cc2c1=O. The molecule has 2 aromatic heterocycles. The first kappa shape index (κ1) is 20.5. The van der Waals surface area contributed by atoms with Crippen LogP contribution in [-0.4, -0.2) is 14.7 Å². The van der Waals surface area contributed by atoms with E-state index in [1.807, 2.05) is 13.8 Å². The molecule has 0 bridgehead atoms. The fraction of sp³-hybridized carbons (Fsp3) is 0.227. The van der Waals surface area contributed by atoms with Crippen LogP contribution < -0.4 is 11.2 Å². The predicted molar refractivity (Wildman–Crippen MR) is 120 cm³/mol. The van der Waals surface area contributed by atoms with Gasteiger partial charge in [-0.2, -0.15) is 0 Å². The topological polar surface area (TPSA) is 85.3 Å². The second-order valence-electron chi connectivity index (χ2n) is 7.43. The lowest BCUT2D eigenvalue weighted by atomic mass is 10.1. The molecule has 0 fully saturated rings. The van der Waals surface area contributed by atoms with Gasteiger partial charge in [0.05, 0.1) is 10.9 Å². The number of phenolic OH excluding ortho intramolecular Hbond substituents is 1. The van der Waals surface area contributed by atoms with Gasteiger partial charge in [0.1, 0.15) is 11.3 Å². The molecule has 2 heterocycles. The Labute approximate surface area is 181 Å². The molecule has 0 atom stereocenters. The summed E-state index contributed by atoms with van der Waals surface area (Å²) in [6, 6.07) is 11.2. The normalized spacial score (nSPS) is 11.6. The van der Waals surface area contributed by atoms with E-state index in [4.69, 9.17) is 16.0 Å². The Morgan fingerprint density at radius 1 is 1.13 bits per heavy atom. The van der Waals surface area contributed by atoms with Crippen molar-refractivity contribution in [1.82, 2.24) is 9.55 Å². The first-order valence-electron chi connectivity index (χ1n) is 9.40. The van der Waals surface area contributed by atoms with E-state index in [-0.39, 0.29) is 17.2 Å². The third-order valence-corrected chi connectivity index (χ3v) is 5.86. The number of nitrogens with zero attached hydrogens (tertiary/aromatic N) is 2. The molecule has 1 N–H and O–H groups in total. The fourth-order valence-electron chi connectivity index (χ4n) is 3.29. The van der Waals surface area contributed by atoms with Crippen molar-refractivity contribution < 1.29 is 9.52 Å². The zero-order valence-electron chi connectivity index (χ0n) is 16.4. The smallest absolute Gasteiger partial charge is 0.336 e. The molecule has 0 amide bonds. The van der Waals surface area contributed by atoms with Crippen LogP contribution in [0.3, 0.4) is 0 Å². The highest BCUT2D eigenvalue weighted by atomic mass is 35.5. The summed E-state index contributed by atoms with van der Waals surface area (Å²) in [6.07, 6.45) is 0. The number of phenols is 1. The van der Waals surface area contributed by atoms with Crippen molar-refractivity contribution in [3.63, 3.8) is 0 Å². The van der Waals surface area contributed by atoms with Gasteiger partial charge >= 0.3 is 5.63 Å². The summed E-state index contributed by atoms with van der Waals surface area (Å²) in [4.78, 5) is 29.8. The lowest BCUT2D eigenvalue weighted by Gasteiger charge is -2.15. The number of aromatic hydroxyl groups is 1. The number of aromatic nitrogens is 2. The van der Waals surface area contributed by atoms with Crippen LogP contribution in [0, 0.1) is 5.92 Å². The van der Waals surface area contributed by atoms with Gasteiger partial charge in [0.2, 0.25) is 0 Å². The number of halogens is 1. The van der Waals surface area contributed by atoms with Gasteiger partial charge in [-0.3, -0.25) is 9.36 Å². The van der Waals surface area contributed by atoms with Crippen LogP contribution in [-0.2, 0) is 12.3 Å². The van der Waals surface area contributed by atoms with E-state index >= 15 is 0 Å². The van der Waals surface area contributed by atoms with Crippen molar-refractivity contribution in [2.75, 3.05) is 0 Å². The Hall–Kier alpha value is -2.77. The lowest BCUT2D eigenvalue weighted by molar-refractivity contribution is 0.473. The third kappa shape index (κ3) is 4.08. The molecule has 0 aliphatic rings. The maximum Gasteiger partial charge on any atom is 0.336 e. The van der Waals surface area contributed by atoms with Gasteiger partial charge < -0.3 is 9.52 Å². The van der Waals surface area contributed by atoms with E-state index in [1.54, 1.807) is 34.9 Å². The highest BCUT2D eigenvalue weighted by molar-refractivity contribution is 7.98. The largest absolute Gasteiger partial charge is 0.508 e. The average Bonchev–Trinajstić information content (AvgIpc) is 2.68. The molecule has 2 aromatic carbocycles. The van der Waals surface area contributed by atoms with Crippen LogP contribution in [0.15, 0.2) is 61.6 Å². The summed E-state index contributed by atoms with van der Waals surface area (Å²) < 4.78 is 6.85. The van der Waals surface area contributed by atoms with Crippen LogP contribution in [0.2, 0.25) is 5.02 Å². The highest BCUT2D eigenvalue weighted by Gasteiger charge is 2.15. The molecule has 0 aliphatic heterocycles. The van der Waals surface area contributed by atoms with Gasteiger partial charge in [-0.25, -0.2) is 9.78 Å². The molecule has 4 aromatic rings. The monoisotopic (exact) mass is 442 g/mol. The van der Waals surface area contributed by atoms with Crippen molar-refractivity contribution in [3.05, 3.63) is 73.8 Å². The quantitative estimate of drug-likeness (QED) is 0.271. The maximum absolute atomic E-state index is 13.1. The van der Waals surface area contributed by atoms with Crippen LogP contribution in [0.1, 0.15) is 19.4 Å². The summed E-state index contributed by atoms with van der Waals surface area (Å²) in [5.74, 6) is 0.681. The molecule has 30 heavy (non-hydrogen) atoms. The minimum absolute atomic E-state index is 0.0241. The van der Waals surface area contributed by atoms with Gasteiger partial charge in [-0.1, -0.05) is 37.2 Å². The van der Waals surface area contributed by atoms with Crippen LogP contribution in [0.5, 0.6) is 5.75 Å². The highest BCUT2D eigenvalue weighted by Crippen LogP contribution is 2.28. The zero-order valence-corrected chi connectivity index (χ0v) is 18.0. The van der Waals surface area contributed by atoms with Gasteiger partial charge in [0.25, 0.3) is 5.56 Å². The molecule has 8 heteroatoms.